The van der Waals surface area contributed by atoms with Crippen LogP contribution in [0.2, 0.25) is 0 Å². The maximum absolute atomic E-state index is 11.7. The minimum Gasteiger partial charge on any atom is -0.462 e. The monoisotopic (exact) mass is 1940 g/mol. The van der Waals surface area contributed by atoms with Crippen molar-refractivity contribution in [1.82, 2.24) is 0 Å². The van der Waals surface area contributed by atoms with E-state index in [1.165, 1.54) is 0 Å². The molecule has 0 rings (SSSR count). The summed E-state index contributed by atoms with van der Waals surface area (Å²) in [6.45, 7) is 58.8. The quantitative estimate of drug-likeness (QED) is 0.0284. The molecule has 137 heavy (non-hydrogen) atoms. The van der Waals surface area contributed by atoms with Gasteiger partial charge in [0, 0.05) is 160 Å². The molecule has 14 atom stereocenters. The fourth-order valence-electron chi connectivity index (χ4n) is 8.44. The van der Waals surface area contributed by atoms with Crippen LogP contribution < -0.4 is 0 Å². The zero-order valence-corrected chi connectivity index (χ0v) is 74.8. The van der Waals surface area contributed by atoms with Gasteiger partial charge in [-0.05, 0) is 6.42 Å². The summed E-state index contributed by atoms with van der Waals surface area (Å²) >= 11 is 0. The second-order valence-corrected chi connectivity index (χ2v) is 24.3. The Morgan fingerprint density at radius 3 is 0.577 bits per heavy atom. The van der Waals surface area contributed by atoms with Crippen molar-refractivity contribution in [3.63, 3.8) is 0 Å². The number of esters is 20. The van der Waals surface area contributed by atoms with E-state index in [4.69, 9.17) is 110 Å². The van der Waals surface area contributed by atoms with Crippen molar-refractivity contribution in [3.05, 3.63) is 253 Å². The minimum absolute atomic E-state index is 0.0136. The van der Waals surface area contributed by atoms with Crippen LogP contribution in [0.5, 0.6) is 0 Å². The maximum atomic E-state index is 11.7. The van der Waals surface area contributed by atoms with E-state index in [0.717, 1.165) is 122 Å². The van der Waals surface area contributed by atoms with E-state index in [1.807, 2.05) is 0 Å². The third-order valence-electron chi connectivity index (χ3n) is 15.0. The van der Waals surface area contributed by atoms with Gasteiger partial charge in [-0.1, -0.05) is 132 Å². The molecule has 0 aromatic carbocycles. The topological polar surface area (TPSA) is 647 Å². The second kappa shape index (κ2) is 83.1. The van der Waals surface area contributed by atoms with Gasteiger partial charge >= 0.3 is 119 Å². The predicted octanol–water partition coefficient (Wildman–Crippen LogP) is 1.28. The molecule has 6 N–H and O–H groups in total. The average molecular weight is 1940 g/mol. The lowest BCUT2D eigenvalue weighted by Crippen LogP contribution is -2.49. The highest BCUT2D eigenvalue weighted by Crippen LogP contribution is 2.22. The molecule has 14 unspecified atom stereocenters. The lowest BCUT2D eigenvalue weighted by Gasteiger charge is -2.31. The normalized spacial score (nSPS) is 12.7. The van der Waals surface area contributed by atoms with Gasteiger partial charge in [0.15, 0.2) is 48.8 Å². The van der Waals surface area contributed by atoms with Gasteiger partial charge in [0.1, 0.15) is 70.7 Å². The number of hydrogen-bond acceptors (Lipinski definition) is 46. The summed E-state index contributed by atoms with van der Waals surface area (Å²) in [7, 11) is 0. The third-order valence-corrected chi connectivity index (χ3v) is 15.0. The van der Waals surface area contributed by atoms with Crippen molar-refractivity contribution in [2.24, 2.45) is 11.8 Å². The highest BCUT2D eigenvalue weighted by atomic mass is 16.7. The third kappa shape index (κ3) is 66.1. The molecule has 0 aliphatic heterocycles. The van der Waals surface area contributed by atoms with Crippen molar-refractivity contribution in [2.45, 2.75) is 92.5 Å². The molecule has 0 aromatic heterocycles. The van der Waals surface area contributed by atoms with E-state index in [-0.39, 0.29) is 65.5 Å². The largest absolute Gasteiger partial charge is 0.462 e. The molecule has 46 heteroatoms. The zero-order valence-electron chi connectivity index (χ0n) is 74.8. The Morgan fingerprint density at radius 2 is 0.328 bits per heavy atom. The Bertz CT molecular complexity index is 4140. The molecule has 0 fully saturated rings. The molecule has 0 heterocycles. The fraction of sp³-hybridized carbons (Fsp3) is 0.341. The summed E-state index contributed by atoms with van der Waals surface area (Å²) in [5.74, 6) is -17.4. The molecule has 0 radical (unpaired) electrons. The summed E-state index contributed by atoms with van der Waals surface area (Å²) in [6.07, 6.45) is 3.04. The number of carbonyl (C=O) groups excluding carboxylic acids is 20. The van der Waals surface area contributed by atoms with Gasteiger partial charge < -0.3 is 125 Å². The Hall–Kier alpha value is -16.0. The lowest BCUT2D eigenvalue weighted by molar-refractivity contribution is -0.188. The molecule has 0 aliphatic rings. The number of rotatable bonds is 65. The van der Waals surface area contributed by atoms with Crippen molar-refractivity contribution < 1.29 is 221 Å². The van der Waals surface area contributed by atoms with Crippen molar-refractivity contribution in [1.29, 1.82) is 0 Å². The zero-order chi connectivity index (χ0) is 106. The van der Waals surface area contributed by atoms with Crippen LogP contribution in [0.4, 0.5) is 0 Å². The van der Waals surface area contributed by atoms with Gasteiger partial charge in [0.2, 0.25) is 0 Å². The van der Waals surface area contributed by atoms with Gasteiger partial charge in [-0.2, -0.15) is 0 Å². The first-order chi connectivity index (χ1) is 65.0. The molecular formula is C91H114O46. The highest BCUT2D eigenvalue weighted by molar-refractivity contribution is 5.89. The molecule has 0 spiro atoms. The van der Waals surface area contributed by atoms with E-state index in [9.17, 15) is 111 Å². The number of aliphatic hydroxyl groups is 6. The van der Waals surface area contributed by atoms with Crippen molar-refractivity contribution >= 4 is 119 Å². The molecule has 0 saturated heterocycles. The smallest absolute Gasteiger partial charge is 0.330 e. The fourth-order valence-corrected chi connectivity index (χ4v) is 8.44. The average Bonchev–Trinajstić information content (AvgIpc) is 0.846. The predicted molar refractivity (Wildman–Crippen MR) is 474 cm³/mol. The van der Waals surface area contributed by atoms with Crippen LogP contribution in [0.15, 0.2) is 253 Å². The molecule has 46 nitrogen and oxygen atoms in total. The number of aliphatic hydroxyl groups excluding tert-OH is 6. The molecule has 0 saturated carbocycles. The summed E-state index contributed by atoms with van der Waals surface area (Å²) in [5, 5.41) is 55.2. The summed E-state index contributed by atoms with van der Waals surface area (Å²) < 4.78 is 98.2. The van der Waals surface area contributed by atoms with Gasteiger partial charge in [0.05, 0.1) is 32.3 Å². The molecular weight excluding hydrogens is 1830 g/mol. The van der Waals surface area contributed by atoms with Crippen molar-refractivity contribution in [3.8, 4) is 0 Å². The summed E-state index contributed by atoms with van der Waals surface area (Å²) in [4.78, 5) is 226. The number of hydrogen-bond donors (Lipinski definition) is 6. The Labute approximate surface area is 787 Å². The van der Waals surface area contributed by atoms with Crippen LogP contribution in [0.1, 0.15) is 19.3 Å². The van der Waals surface area contributed by atoms with Gasteiger partial charge in [-0.15, -0.1) is 0 Å². The number of carbonyl (C=O) groups is 20. The van der Waals surface area contributed by atoms with E-state index in [0.29, 0.717) is 0 Å². The lowest BCUT2D eigenvalue weighted by atomic mass is 10.00. The van der Waals surface area contributed by atoms with Crippen LogP contribution >= 0.6 is 0 Å². The minimum atomic E-state index is -1.52. The van der Waals surface area contributed by atoms with Crippen LogP contribution in [-0.2, 0) is 191 Å². The molecule has 0 aromatic rings. The van der Waals surface area contributed by atoms with Gasteiger partial charge in [0.25, 0.3) is 0 Å². The van der Waals surface area contributed by atoms with E-state index >= 15 is 0 Å². The second-order valence-electron chi connectivity index (χ2n) is 24.3. The van der Waals surface area contributed by atoms with E-state index in [1.54, 1.807) is 0 Å². The first kappa shape index (κ1) is 132. The van der Waals surface area contributed by atoms with Gasteiger partial charge in [-0.3, -0.25) is 0 Å². The number of ether oxygens (including phenoxy) is 20. The van der Waals surface area contributed by atoms with Crippen LogP contribution in [0, 0.1) is 11.8 Å². The van der Waals surface area contributed by atoms with E-state index < -0.39 is 251 Å². The Balaban J connectivity index is -0.000000377. The molecule has 0 amide bonds. The highest BCUT2D eigenvalue weighted by Gasteiger charge is 2.41. The molecule has 0 bridgehead atoms. The van der Waals surface area contributed by atoms with Crippen LogP contribution in [-0.4, -0.2) is 316 Å². The van der Waals surface area contributed by atoms with Crippen LogP contribution in [0.3, 0.4) is 0 Å². The first-order valence-electron chi connectivity index (χ1n) is 39.0. The van der Waals surface area contributed by atoms with Gasteiger partial charge in [-0.25, -0.2) is 95.9 Å². The molecule has 0 aliphatic carbocycles. The summed E-state index contributed by atoms with van der Waals surface area (Å²) in [6, 6.07) is 0. The van der Waals surface area contributed by atoms with E-state index in [2.05, 4.69) is 132 Å². The van der Waals surface area contributed by atoms with Crippen LogP contribution in [0.25, 0.3) is 0 Å². The Morgan fingerprint density at radius 1 is 0.161 bits per heavy atom. The SMILES string of the molecule is C=CC(=O)OCC(CCO)C(COC(=O)C=C)OC(=O)C=C.C=CC(=O)OCC(CO)C(COC(=O)C=C)OC(=O)C=C.C=CC(=O)OCC(OC(=O)C=C)C(CCO)OC(=O)C=C.C=CC(=O)OCC(OC(=O)C=C)C(CO)OC(=O)C=C.C=CC(=O)OCC(OC(=O)C=C)C(OC(=O)C=C)C(CCO)OC(=O)C=C.C=CC(=O)OCC(OC(=O)C=C)C(OC(=O)C=C)C(CO)OC(=O)C=C. The summed E-state index contributed by atoms with van der Waals surface area (Å²) in [5.41, 5.74) is 0. The first-order valence-corrected chi connectivity index (χ1v) is 39.0. The Kier molecular flexibility index (Phi) is 79.9. The molecule has 754 valence electrons. The maximum Gasteiger partial charge on any atom is 0.330 e. The standard InChI is InChI=1S/C18H22O9.C17H20O9.C15H20O7.2C14H18O7.C13H16O7/c1-5-14(20)24-11-13(26-16(22)7-3)18(27-17(23)8-4)12(9-10-19)25-15(21)6-2;1-5-13(19)23-10-12(25-15(21)7-3)17(26-16(22)8-4)11(9-18)24-14(20)6-2;1-4-13(17)20-9-11(7-8-16)12(22-15(19)6-3)10-21-14(18)5-2;1-4-12(16)19-8-10(7-15)11(21-14(18)6-3)9-20-13(17)5-2;1-4-12(16)19-9-11(21-14(18)6-3)10(7-8-15)20-13(17)5-2;1-4-11(15)18-8-10(20-13(17)6-3)9(7-14)19-12(16)5-2/h5-8,12-13,18-19H,1-4,9-11H2;5-8,11-12,17-18H,1-4,9-10H2;4-6,11-12,16H,1-3,7-10H2;2*4-6,10-11,15H,1-3,7-9H2;4-6,9-10,14H,1-3,7-8H2. The van der Waals surface area contributed by atoms with Crippen molar-refractivity contribution in [2.75, 3.05) is 92.5 Å².